The Kier molecular flexibility index (Phi) is 5.65. The second kappa shape index (κ2) is 7.94. The van der Waals surface area contributed by atoms with Gasteiger partial charge in [-0.3, -0.25) is 9.78 Å². The molecule has 0 fully saturated rings. The van der Waals surface area contributed by atoms with Gasteiger partial charge in [0.25, 0.3) is 10.0 Å². The average molecular weight is 390 g/mol. The SMILES string of the molecule is CN(CC(=O)NCCc1cccc2cccnc12)S(=O)(=O)c1cccs1. The highest BCUT2D eigenvalue weighted by Gasteiger charge is 2.23. The Morgan fingerprint density at radius 2 is 2.00 bits per heavy atom. The molecule has 136 valence electrons. The van der Waals surface area contributed by atoms with Crippen LogP contribution < -0.4 is 5.32 Å². The van der Waals surface area contributed by atoms with Crippen molar-refractivity contribution in [3.63, 3.8) is 0 Å². The van der Waals surface area contributed by atoms with Crippen LogP contribution in [0.2, 0.25) is 0 Å². The summed E-state index contributed by atoms with van der Waals surface area (Å²) in [5.74, 6) is -0.333. The first-order valence-corrected chi connectivity index (χ1v) is 10.4. The minimum atomic E-state index is -3.62. The number of nitrogens with one attached hydrogen (secondary N) is 1. The Morgan fingerprint density at radius 1 is 1.19 bits per heavy atom. The number of sulfonamides is 1. The first kappa shape index (κ1) is 18.5. The third-order valence-electron chi connectivity index (χ3n) is 3.96. The smallest absolute Gasteiger partial charge is 0.252 e. The van der Waals surface area contributed by atoms with E-state index in [-0.39, 0.29) is 16.7 Å². The largest absolute Gasteiger partial charge is 0.355 e. The van der Waals surface area contributed by atoms with Crippen molar-refractivity contribution < 1.29 is 13.2 Å². The summed E-state index contributed by atoms with van der Waals surface area (Å²) in [4.78, 5) is 16.5. The van der Waals surface area contributed by atoms with Gasteiger partial charge in [-0.1, -0.05) is 30.3 Å². The summed E-state index contributed by atoms with van der Waals surface area (Å²) in [5.41, 5.74) is 1.96. The van der Waals surface area contributed by atoms with Gasteiger partial charge in [0.2, 0.25) is 5.91 Å². The van der Waals surface area contributed by atoms with Crippen LogP contribution in [0.1, 0.15) is 5.56 Å². The van der Waals surface area contributed by atoms with E-state index >= 15 is 0 Å². The van der Waals surface area contributed by atoms with E-state index in [9.17, 15) is 13.2 Å². The molecule has 0 aliphatic rings. The number of nitrogens with zero attached hydrogens (tertiary/aromatic N) is 2. The highest BCUT2D eigenvalue weighted by atomic mass is 32.2. The van der Waals surface area contributed by atoms with Gasteiger partial charge in [0, 0.05) is 25.2 Å². The van der Waals surface area contributed by atoms with Crippen molar-refractivity contribution in [2.75, 3.05) is 20.1 Å². The molecule has 0 atom stereocenters. The molecule has 1 N–H and O–H groups in total. The summed E-state index contributed by atoms with van der Waals surface area (Å²) in [6.07, 6.45) is 2.37. The molecule has 0 bridgehead atoms. The van der Waals surface area contributed by atoms with E-state index in [1.807, 2.05) is 30.3 Å². The Labute approximate surface area is 156 Å². The van der Waals surface area contributed by atoms with Crippen LogP contribution in [0.5, 0.6) is 0 Å². The molecule has 3 rings (SSSR count). The Hall–Kier alpha value is -2.29. The molecule has 1 amide bonds. The first-order valence-electron chi connectivity index (χ1n) is 8.07. The highest BCUT2D eigenvalue weighted by molar-refractivity contribution is 7.91. The van der Waals surface area contributed by atoms with Crippen LogP contribution in [0.3, 0.4) is 0 Å². The first-order chi connectivity index (χ1) is 12.5. The fourth-order valence-electron chi connectivity index (χ4n) is 2.61. The average Bonchev–Trinajstić information content (AvgIpc) is 3.17. The number of hydrogen-bond donors (Lipinski definition) is 1. The number of para-hydroxylation sites is 1. The molecule has 0 aliphatic heterocycles. The van der Waals surface area contributed by atoms with Crippen LogP contribution in [0.4, 0.5) is 0 Å². The second-order valence-electron chi connectivity index (χ2n) is 5.79. The van der Waals surface area contributed by atoms with Crippen LogP contribution in [0.25, 0.3) is 10.9 Å². The number of carbonyl (C=O) groups excluding carboxylic acids is 1. The fraction of sp³-hybridized carbons (Fsp3) is 0.222. The number of amides is 1. The molecule has 0 spiro atoms. The molecule has 0 saturated heterocycles. The molecule has 8 heteroatoms. The topological polar surface area (TPSA) is 79.4 Å². The molecule has 0 radical (unpaired) electrons. The zero-order chi connectivity index (χ0) is 18.6. The maximum absolute atomic E-state index is 12.3. The minimum Gasteiger partial charge on any atom is -0.355 e. The number of likely N-dealkylation sites (N-methyl/N-ethyl adjacent to an activating group) is 1. The summed E-state index contributed by atoms with van der Waals surface area (Å²) >= 11 is 1.13. The van der Waals surface area contributed by atoms with E-state index in [4.69, 9.17) is 0 Å². The van der Waals surface area contributed by atoms with Crippen molar-refractivity contribution >= 4 is 38.2 Å². The summed E-state index contributed by atoms with van der Waals surface area (Å²) in [7, 11) is -2.21. The lowest BCUT2D eigenvalue weighted by molar-refractivity contribution is -0.121. The Bertz CT molecular complexity index is 996. The lowest BCUT2D eigenvalue weighted by Gasteiger charge is -2.15. The number of benzene rings is 1. The van der Waals surface area contributed by atoms with Gasteiger partial charge in [0.15, 0.2) is 0 Å². The predicted molar refractivity (Wildman–Crippen MR) is 103 cm³/mol. The number of carbonyl (C=O) groups is 1. The maximum Gasteiger partial charge on any atom is 0.252 e. The van der Waals surface area contributed by atoms with Crippen molar-refractivity contribution in [3.05, 3.63) is 59.6 Å². The monoisotopic (exact) mass is 389 g/mol. The molecule has 26 heavy (non-hydrogen) atoms. The Morgan fingerprint density at radius 3 is 2.77 bits per heavy atom. The Balaban J connectivity index is 1.56. The lowest BCUT2D eigenvalue weighted by atomic mass is 10.1. The number of rotatable bonds is 7. The standard InChI is InChI=1S/C18H19N3O3S2/c1-21(26(23,24)17-8-4-12-25-17)13-16(22)19-11-9-15-6-2-5-14-7-3-10-20-18(14)15/h2-8,10,12H,9,11,13H2,1H3,(H,19,22). The van der Waals surface area contributed by atoms with Crippen molar-refractivity contribution in [1.29, 1.82) is 0 Å². The van der Waals surface area contributed by atoms with E-state index in [1.54, 1.807) is 17.6 Å². The van der Waals surface area contributed by atoms with Crippen LogP contribution in [0, 0.1) is 0 Å². The zero-order valence-electron chi connectivity index (χ0n) is 14.3. The van der Waals surface area contributed by atoms with E-state index in [0.717, 1.165) is 32.1 Å². The van der Waals surface area contributed by atoms with Gasteiger partial charge in [-0.25, -0.2) is 8.42 Å². The van der Waals surface area contributed by atoms with E-state index in [2.05, 4.69) is 10.3 Å². The highest BCUT2D eigenvalue weighted by Crippen LogP contribution is 2.19. The summed E-state index contributed by atoms with van der Waals surface area (Å²) in [5, 5.41) is 5.52. The number of fused-ring (bicyclic) bond motifs is 1. The fourth-order valence-corrected chi connectivity index (χ4v) is 4.94. The van der Waals surface area contributed by atoms with Gasteiger partial charge >= 0.3 is 0 Å². The van der Waals surface area contributed by atoms with E-state index in [1.165, 1.54) is 13.1 Å². The molecular formula is C18H19N3O3S2. The van der Waals surface area contributed by atoms with Crippen molar-refractivity contribution in [3.8, 4) is 0 Å². The van der Waals surface area contributed by atoms with E-state index in [0.29, 0.717) is 13.0 Å². The third-order valence-corrected chi connectivity index (χ3v) is 7.14. The summed E-state index contributed by atoms with van der Waals surface area (Å²) < 4.78 is 25.9. The van der Waals surface area contributed by atoms with Crippen molar-refractivity contribution in [1.82, 2.24) is 14.6 Å². The van der Waals surface area contributed by atoms with Gasteiger partial charge in [0.05, 0.1) is 12.1 Å². The molecule has 0 unspecified atom stereocenters. The quantitative estimate of drug-likeness (QED) is 0.672. The van der Waals surface area contributed by atoms with Gasteiger partial charge in [-0.15, -0.1) is 11.3 Å². The van der Waals surface area contributed by atoms with Crippen LogP contribution >= 0.6 is 11.3 Å². The zero-order valence-corrected chi connectivity index (χ0v) is 15.9. The number of thiophene rings is 1. The van der Waals surface area contributed by atoms with Crippen molar-refractivity contribution in [2.24, 2.45) is 0 Å². The normalized spacial score (nSPS) is 11.8. The van der Waals surface area contributed by atoms with Gasteiger partial charge < -0.3 is 5.32 Å². The van der Waals surface area contributed by atoms with Gasteiger partial charge in [-0.2, -0.15) is 4.31 Å². The summed E-state index contributed by atoms with van der Waals surface area (Å²) in [6, 6.07) is 13.0. The minimum absolute atomic E-state index is 0.214. The van der Waals surface area contributed by atoms with Crippen LogP contribution in [0.15, 0.2) is 58.3 Å². The molecular weight excluding hydrogens is 370 g/mol. The number of hydrogen-bond acceptors (Lipinski definition) is 5. The second-order valence-corrected chi connectivity index (χ2v) is 9.00. The van der Waals surface area contributed by atoms with Crippen molar-refractivity contribution in [2.45, 2.75) is 10.6 Å². The predicted octanol–water partition coefficient (Wildman–Crippen LogP) is 2.28. The third kappa shape index (κ3) is 4.09. The van der Waals surface area contributed by atoms with Gasteiger partial charge in [0.1, 0.15) is 4.21 Å². The summed E-state index contributed by atoms with van der Waals surface area (Å²) in [6.45, 7) is 0.204. The molecule has 3 aromatic rings. The molecule has 0 aliphatic carbocycles. The molecule has 6 nitrogen and oxygen atoms in total. The lowest BCUT2D eigenvalue weighted by Crippen LogP contribution is -2.38. The maximum atomic E-state index is 12.3. The number of pyridine rings is 1. The van der Waals surface area contributed by atoms with E-state index < -0.39 is 10.0 Å². The van der Waals surface area contributed by atoms with Crippen LogP contribution in [-0.4, -0.2) is 43.8 Å². The molecule has 1 aromatic carbocycles. The van der Waals surface area contributed by atoms with Gasteiger partial charge in [-0.05, 0) is 29.5 Å². The molecule has 0 saturated carbocycles. The van der Waals surface area contributed by atoms with Crippen LogP contribution in [-0.2, 0) is 21.2 Å². The number of aromatic nitrogens is 1. The molecule has 2 aromatic heterocycles. The molecule has 2 heterocycles.